The van der Waals surface area contributed by atoms with Gasteiger partial charge in [0.15, 0.2) is 0 Å². The normalized spacial score (nSPS) is 41.8. The van der Waals surface area contributed by atoms with E-state index in [9.17, 15) is 0 Å². The Kier molecular flexibility index (Phi) is 2.63. The van der Waals surface area contributed by atoms with E-state index in [4.69, 9.17) is 5.73 Å². The zero-order chi connectivity index (χ0) is 10.2. The lowest BCUT2D eigenvalue weighted by molar-refractivity contribution is 0.0621. The van der Waals surface area contributed by atoms with Gasteiger partial charge in [0.2, 0.25) is 0 Å². The molecule has 0 aromatic rings. The Morgan fingerprint density at radius 1 is 1.14 bits per heavy atom. The number of hydrogen-bond donors (Lipinski definition) is 1. The first kappa shape index (κ1) is 10.5. The topological polar surface area (TPSA) is 26.0 Å². The first-order valence-electron chi connectivity index (χ1n) is 6.33. The largest absolute Gasteiger partial charge is 0.325 e. The third-order valence-corrected chi connectivity index (χ3v) is 4.83. The van der Waals surface area contributed by atoms with Gasteiger partial charge in [-0.15, -0.1) is 0 Å². The molecule has 1 heteroatoms. The molecule has 2 aliphatic carbocycles. The van der Waals surface area contributed by atoms with Crippen LogP contribution in [-0.4, -0.2) is 5.54 Å². The Bertz CT molecular complexity index is 207. The zero-order valence-corrected chi connectivity index (χ0v) is 9.81. The Morgan fingerprint density at radius 2 is 1.86 bits per heavy atom. The van der Waals surface area contributed by atoms with Gasteiger partial charge in [-0.2, -0.15) is 0 Å². The summed E-state index contributed by atoms with van der Waals surface area (Å²) in [6.45, 7) is 4.80. The van der Waals surface area contributed by atoms with Gasteiger partial charge in [0.25, 0.3) is 0 Å². The van der Waals surface area contributed by atoms with Crippen LogP contribution in [0.2, 0.25) is 0 Å². The first-order chi connectivity index (χ1) is 6.54. The van der Waals surface area contributed by atoms with Crippen molar-refractivity contribution in [3.05, 3.63) is 0 Å². The molecule has 0 aliphatic heterocycles. The number of rotatable bonds is 2. The van der Waals surface area contributed by atoms with Crippen molar-refractivity contribution < 1.29 is 0 Å². The van der Waals surface area contributed by atoms with Gasteiger partial charge in [-0.1, -0.05) is 33.1 Å². The summed E-state index contributed by atoms with van der Waals surface area (Å²) in [6.07, 6.45) is 10.9. The van der Waals surface area contributed by atoms with Crippen LogP contribution < -0.4 is 5.73 Å². The molecular formula is C13H25N. The summed E-state index contributed by atoms with van der Waals surface area (Å²) in [7, 11) is 0. The molecule has 2 atom stereocenters. The van der Waals surface area contributed by atoms with E-state index in [0.29, 0.717) is 5.41 Å². The fourth-order valence-electron chi connectivity index (χ4n) is 3.45. The second-order valence-corrected chi connectivity index (χ2v) is 6.22. The van der Waals surface area contributed by atoms with Crippen molar-refractivity contribution in [2.45, 2.75) is 70.8 Å². The minimum absolute atomic E-state index is 0.174. The highest BCUT2D eigenvalue weighted by molar-refractivity contribution is 4.99. The predicted octanol–water partition coefficient (Wildman–Crippen LogP) is 3.47. The maximum absolute atomic E-state index is 6.60. The molecule has 0 aromatic carbocycles. The molecule has 82 valence electrons. The van der Waals surface area contributed by atoms with E-state index in [1.54, 1.807) is 0 Å². The van der Waals surface area contributed by atoms with Crippen molar-refractivity contribution in [3.8, 4) is 0 Å². The second kappa shape index (κ2) is 3.52. The number of hydrogen-bond acceptors (Lipinski definition) is 1. The van der Waals surface area contributed by atoms with E-state index >= 15 is 0 Å². The summed E-state index contributed by atoms with van der Waals surface area (Å²) in [5, 5.41) is 0. The van der Waals surface area contributed by atoms with Crippen LogP contribution >= 0.6 is 0 Å². The molecule has 0 aromatic heterocycles. The molecule has 14 heavy (non-hydrogen) atoms. The molecule has 2 saturated carbocycles. The maximum Gasteiger partial charge on any atom is 0.0185 e. The SMILES string of the molecule is CC1CCCCC1(N)CC1(C)CCC1. The Morgan fingerprint density at radius 3 is 2.36 bits per heavy atom. The molecule has 0 spiro atoms. The van der Waals surface area contributed by atoms with Crippen molar-refractivity contribution in [1.82, 2.24) is 0 Å². The molecule has 2 aliphatic rings. The van der Waals surface area contributed by atoms with Crippen LogP contribution in [0.15, 0.2) is 0 Å². The molecule has 2 N–H and O–H groups in total. The van der Waals surface area contributed by atoms with E-state index < -0.39 is 0 Å². The fraction of sp³-hybridized carbons (Fsp3) is 1.00. The highest BCUT2D eigenvalue weighted by atomic mass is 14.8. The summed E-state index contributed by atoms with van der Waals surface area (Å²) < 4.78 is 0. The minimum Gasteiger partial charge on any atom is -0.325 e. The molecule has 0 bridgehead atoms. The monoisotopic (exact) mass is 195 g/mol. The summed E-state index contributed by atoms with van der Waals surface area (Å²) >= 11 is 0. The van der Waals surface area contributed by atoms with E-state index in [2.05, 4.69) is 13.8 Å². The minimum atomic E-state index is 0.174. The lowest BCUT2D eigenvalue weighted by Gasteiger charge is -2.49. The summed E-state index contributed by atoms with van der Waals surface area (Å²) in [5.41, 5.74) is 7.37. The van der Waals surface area contributed by atoms with Gasteiger partial charge in [-0.05, 0) is 43.4 Å². The fourth-order valence-corrected chi connectivity index (χ4v) is 3.45. The third-order valence-electron chi connectivity index (χ3n) is 4.83. The molecule has 2 unspecified atom stereocenters. The van der Waals surface area contributed by atoms with Gasteiger partial charge in [0.1, 0.15) is 0 Å². The standard InChI is InChI=1S/C13H25N/c1-11-6-3-4-9-13(11,14)10-12(2)7-5-8-12/h11H,3-10,14H2,1-2H3. The van der Waals surface area contributed by atoms with Crippen LogP contribution in [0, 0.1) is 11.3 Å². The van der Waals surface area contributed by atoms with Crippen LogP contribution in [0.1, 0.15) is 65.2 Å². The molecule has 0 heterocycles. The Hall–Kier alpha value is -0.0400. The second-order valence-electron chi connectivity index (χ2n) is 6.22. The number of nitrogens with two attached hydrogens (primary N) is 1. The lowest BCUT2D eigenvalue weighted by Crippen LogP contribution is -2.52. The van der Waals surface area contributed by atoms with E-state index in [1.165, 1.54) is 51.4 Å². The Labute approximate surface area is 88.4 Å². The third kappa shape index (κ3) is 1.84. The van der Waals surface area contributed by atoms with Crippen molar-refractivity contribution in [3.63, 3.8) is 0 Å². The van der Waals surface area contributed by atoms with Crippen LogP contribution in [0.4, 0.5) is 0 Å². The summed E-state index contributed by atoms with van der Waals surface area (Å²) in [5.74, 6) is 0.744. The van der Waals surface area contributed by atoms with E-state index in [0.717, 1.165) is 5.92 Å². The highest BCUT2D eigenvalue weighted by Crippen LogP contribution is 2.49. The molecule has 0 amide bonds. The van der Waals surface area contributed by atoms with Crippen molar-refractivity contribution in [2.24, 2.45) is 17.1 Å². The van der Waals surface area contributed by atoms with E-state index in [1.807, 2.05) is 0 Å². The molecule has 2 fully saturated rings. The zero-order valence-electron chi connectivity index (χ0n) is 9.81. The Balaban J connectivity index is 1.99. The average molecular weight is 195 g/mol. The summed E-state index contributed by atoms with van der Waals surface area (Å²) in [6, 6.07) is 0. The smallest absolute Gasteiger partial charge is 0.0185 e. The van der Waals surface area contributed by atoms with Gasteiger partial charge in [-0.3, -0.25) is 0 Å². The predicted molar refractivity (Wildman–Crippen MR) is 61.1 cm³/mol. The van der Waals surface area contributed by atoms with Crippen molar-refractivity contribution in [2.75, 3.05) is 0 Å². The van der Waals surface area contributed by atoms with E-state index in [-0.39, 0.29) is 5.54 Å². The average Bonchev–Trinajstić information content (AvgIpc) is 2.08. The lowest BCUT2D eigenvalue weighted by atomic mass is 9.59. The van der Waals surface area contributed by atoms with Crippen LogP contribution in [0.5, 0.6) is 0 Å². The van der Waals surface area contributed by atoms with Gasteiger partial charge in [-0.25, -0.2) is 0 Å². The van der Waals surface area contributed by atoms with Crippen LogP contribution in [0.3, 0.4) is 0 Å². The molecule has 1 nitrogen and oxygen atoms in total. The van der Waals surface area contributed by atoms with Gasteiger partial charge >= 0.3 is 0 Å². The van der Waals surface area contributed by atoms with Gasteiger partial charge < -0.3 is 5.73 Å². The van der Waals surface area contributed by atoms with Crippen molar-refractivity contribution >= 4 is 0 Å². The van der Waals surface area contributed by atoms with Gasteiger partial charge in [0, 0.05) is 5.54 Å². The quantitative estimate of drug-likeness (QED) is 0.717. The molecule has 0 saturated heterocycles. The first-order valence-corrected chi connectivity index (χ1v) is 6.33. The van der Waals surface area contributed by atoms with Crippen molar-refractivity contribution in [1.29, 1.82) is 0 Å². The molecule has 2 rings (SSSR count). The molecular weight excluding hydrogens is 170 g/mol. The summed E-state index contributed by atoms with van der Waals surface area (Å²) in [4.78, 5) is 0. The van der Waals surface area contributed by atoms with Crippen LogP contribution in [0.25, 0.3) is 0 Å². The maximum atomic E-state index is 6.60. The highest BCUT2D eigenvalue weighted by Gasteiger charge is 2.43. The van der Waals surface area contributed by atoms with Crippen LogP contribution in [-0.2, 0) is 0 Å². The van der Waals surface area contributed by atoms with Gasteiger partial charge in [0.05, 0.1) is 0 Å². The molecule has 0 radical (unpaired) electrons.